The van der Waals surface area contributed by atoms with Crippen LogP contribution in [0.25, 0.3) is 50.9 Å². The molecule has 1 amide bonds. The van der Waals surface area contributed by atoms with Crippen LogP contribution in [0.15, 0.2) is 203 Å². The van der Waals surface area contributed by atoms with Crippen molar-refractivity contribution in [3.63, 3.8) is 0 Å². The van der Waals surface area contributed by atoms with Crippen LogP contribution in [0.5, 0.6) is 40.2 Å². The number of hydrazine groups is 1. The molecule has 21 heteroatoms. The number of nitrogens with two attached hydrogens (primary N) is 2. The van der Waals surface area contributed by atoms with Crippen LogP contribution in [-0.2, 0) is 9.59 Å². The molecule has 0 fully saturated rings. The maximum Gasteiger partial charge on any atom is 0.298 e. The van der Waals surface area contributed by atoms with Crippen LogP contribution >= 0.6 is 11.6 Å². The van der Waals surface area contributed by atoms with E-state index in [0.717, 1.165) is 5.69 Å². The van der Waals surface area contributed by atoms with Crippen LogP contribution in [0, 0.1) is 0 Å². The lowest BCUT2D eigenvalue weighted by atomic mass is 10.1. The number of phenolic OH excluding ortho intramolecular Hbond substituents is 4. The van der Waals surface area contributed by atoms with E-state index in [2.05, 4.69) is 25.2 Å². The number of amides is 1. The maximum absolute atomic E-state index is 11.8. The van der Waals surface area contributed by atoms with Crippen molar-refractivity contribution in [2.75, 3.05) is 5.43 Å². The Morgan fingerprint density at radius 2 is 1.01 bits per heavy atom. The van der Waals surface area contributed by atoms with Gasteiger partial charge in [-0.2, -0.15) is 4.98 Å². The molecule has 0 bridgehead atoms. The van der Waals surface area contributed by atoms with Crippen molar-refractivity contribution in [3.8, 4) is 80.2 Å². The second-order valence-electron chi connectivity index (χ2n) is 15.3. The first-order valence-corrected chi connectivity index (χ1v) is 22.8. The number of nitrogens with one attached hydrogen (secondary N) is 1. The molecular formula is C57H48ClN7O13. The molecule has 8 aromatic carbocycles. The molecule has 0 saturated carbocycles. The maximum atomic E-state index is 11.8. The zero-order valence-electron chi connectivity index (χ0n) is 40.0. The quantitative estimate of drug-likeness (QED) is 0.0258. The van der Waals surface area contributed by atoms with E-state index < -0.39 is 11.1 Å². The van der Waals surface area contributed by atoms with Gasteiger partial charge in [0, 0.05) is 5.69 Å². The molecule has 0 saturated heterocycles. The fourth-order valence-electron chi connectivity index (χ4n) is 6.62. The molecule has 0 atom stereocenters. The minimum absolute atomic E-state index is 0. The highest BCUT2D eigenvalue weighted by Gasteiger charge is 2.19. The molecule has 0 aliphatic rings. The van der Waals surface area contributed by atoms with E-state index in [1.807, 2.05) is 0 Å². The third-order valence-electron chi connectivity index (χ3n) is 10.3. The van der Waals surface area contributed by atoms with Crippen molar-refractivity contribution in [2.45, 2.75) is 7.43 Å². The summed E-state index contributed by atoms with van der Waals surface area (Å²) in [5.74, 6) is 6.21. The summed E-state index contributed by atoms with van der Waals surface area (Å²) in [5.41, 5.74) is 10.5. The summed E-state index contributed by atoms with van der Waals surface area (Å²) in [6.07, 6.45) is 0. The first-order valence-electron chi connectivity index (χ1n) is 22.4. The van der Waals surface area contributed by atoms with Crippen LogP contribution in [-0.4, -0.2) is 69.4 Å². The summed E-state index contributed by atoms with van der Waals surface area (Å²) in [4.78, 5) is 61.6. The number of phenols is 5. The Morgan fingerprint density at radius 3 is 1.47 bits per heavy atom. The Labute approximate surface area is 449 Å². The van der Waals surface area contributed by atoms with Crippen molar-refractivity contribution < 1.29 is 58.6 Å². The number of aromatic hydroxyl groups is 5. The molecule has 0 unspecified atom stereocenters. The van der Waals surface area contributed by atoms with Gasteiger partial charge in [0.2, 0.25) is 5.89 Å². The van der Waals surface area contributed by atoms with Crippen molar-refractivity contribution in [1.82, 2.24) is 19.7 Å². The van der Waals surface area contributed by atoms with Crippen LogP contribution in [0.2, 0.25) is 0 Å². The Hall–Kier alpha value is -10.8. The second kappa shape index (κ2) is 28.6. The van der Waals surface area contributed by atoms with Crippen molar-refractivity contribution in [1.29, 1.82) is 0 Å². The minimum atomic E-state index is -0.641. The molecule has 2 heterocycles. The largest absolute Gasteiger partial charge is 0.507 e. The highest BCUT2D eigenvalue weighted by molar-refractivity contribution is 6.68. The Balaban J connectivity index is 0.000000193. The molecule has 10 rings (SSSR count). The zero-order valence-corrected chi connectivity index (χ0v) is 40.7. The first-order chi connectivity index (χ1) is 37.2. The number of para-hydroxylation sites is 6. The van der Waals surface area contributed by atoms with Gasteiger partial charge in [-0.3, -0.25) is 29.8 Å². The number of primary amides is 1. The molecular weight excluding hydrogens is 1030 g/mol. The van der Waals surface area contributed by atoms with E-state index >= 15 is 0 Å². The number of anilines is 1. The predicted molar refractivity (Wildman–Crippen MR) is 292 cm³/mol. The van der Waals surface area contributed by atoms with Gasteiger partial charge < -0.3 is 50.6 Å². The number of hydrogen-bond acceptors (Lipinski definition) is 18. The highest BCUT2D eigenvalue weighted by Crippen LogP contribution is 2.34. The number of halogens is 1. The van der Waals surface area contributed by atoms with Crippen molar-refractivity contribution >= 4 is 52.4 Å². The summed E-state index contributed by atoms with van der Waals surface area (Å²) in [7, 11) is 0. The van der Waals surface area contributed by atoms with E-state index in [4.69, 9.17) is 42.5 Å². The number of nitrogen functional groups attached to an aromatic ring is 1. The molecule has 20 nitrogen and oxygen atoms in total. The van der Waals surface area contributed by atoms with E-state index in [9.17, 15) is 39.3 Å². The van der Waals surface area contributed by atoms with Crippen LogP contribution < -0.4 is 32.0 Å². The summed E-state index contributed by atoms with van der Waals surface area (Å²) in [6, 6.07) is 52.7. The smallest absolute Gasteiger partial charge is 0.298 e. The molecule has 0 spiro atoms. The summed E-state index contributed by atoms with van der Waals surface area (Å²) in [6.45, 7) is 0.735. The van der Waals surface area contributed by atoms with E-state index in [0.29, 0.717) is 69.4 Å². The van der Waals surface area contributed by atoms with Crippen LogP contribution in [0.3, 0.4) is 0 Å². The average Bonchev–Trinajstić information content (AvgIpc) is 3.91. The lowest BCUT2D eigenvalue weighted by Gasteiger charge is -2.07. The fourth-order valence-corrected chi connectivity index (χ4v) is 6.78. The molecule has 10 aromatic rings. The number of nitrogens with zero attached hydrogens (tertiary/aromatic N) is 4. The normalized spacial score (nSPS) is 9.87. The Bertz CT molecular complexity index is 3630. The van der Waals surface area contributed by atoms with Crippen LogP contribution in [0.1, 0.15) is 28.1 Å². The van der Waals surface area contributed by atoms with E-state index in [-0.39, 0.29) is 58.8 Å². The number of benzene rings is 8. The summed E-state index contributed by atoms with van der Waals surface area (Å²) in [5, 5.41) is 52.5. The van der Waals surface area contributed by atoms with Gasteiger partial charge in [-0.05, 0) is 133 Å². The van der Waals surface area contributed by atoms with Crippen molar-refractivity contribution in [2.24, 2.45) is 11.6 Å². The molecule has 10 N–H and O–H groups in total. The molecule has 0 aliphatic carbocycles. The molecule has 396 valence electrons. The monoisotopic (exact) mass is 1070 g/mol. The number of carbonyl (C=O) groups excluding carboxylic acids is 4. The third kappa shape index (κ3) is 15.6. The number of hydrogen-bond donors (Lipinski definition) is 8. The highest BCUT2D eigenvalue weighted by atomic mass is 35.5. The first kappa shape index (κ1) is 58.1. The average molecular weight is 1070 g/mol. The number of fused-ring (bicyclic) bond motifs is 1. The topological polar surface area (TPSA) is 326 Å². The fraction of sp³-hybridized carbons (Fsp3) is 0.0175. The summed E-state index contributed by atoms with van der Waals surface area (Å²) < 4.78 is 16.5. The molecule has 78 heavy (non-hydrogen) atoms. The minimum Gasteiger partial charge on any atom is -0.507 e. The van der Waals surface area contributed by atoms with Crippen molar-refractivity contribution in [3.05, 3.63) is 216 Å². The molecule has 0 aliphatic heterocycles. The zero-order chi connectivity index (χ0) is 55.3. The van der Waals surface area contributed by atoms with Gasteiger partial charge >= 0.3 is 0 Å². The standard InChI is InChI=1S/C21H15N3O4.C14H9NO3.C7H5ClO2.C7H8N2O2.C7H7NO2.CH4/c25-13-28-15-11-9-14(10-12-15)24-21(17-6-2-4-8-19(17)27)22-20(23-24)16-5-1-3-7-18(16)26;16-11-7-3-1-5-9(11)14-15-13(17)10-6-2-4-8-12(10)18-14;8-7(10)5-3-1-2-4-6(5)9;8-9-6-1-3-7(4-2-6)11-5-10;8-7(10)5-3-1-2-4-6(5)9;/h1-13,26-27H;1-8,16H;1-4,9H;1-5,9H,8H2;1-4,9H,(H2,8,10);1H4. The third-order valence-corrected chi connectivity index (χ3v) is 10.5. The number of rotatable bonds is 11. The Morgan fingerprint density at radius 1 is 0.564 bits per heavy atom. The number of ether oxygens (including phenoxy) is 2. The van der Waals surface area contributed by atoms with Gasteiger partial charge in [-0.1, -0.05) is 80.2 Å². The molecule has 2 aromatic heterocycles. The predicted octanol–water partition coefficient (Wildman–Crippen LogP) is 9.51. The lowest BCUT2D eigenvalue weighted by molar-refractivity contribution is -0.121. The van der Waals surface area contributed by atoms with Gasteiger partial charge in [0.1, 0.15) is 45.8 Å². The molecule has 0 radical (unpaired) electrons. The summed E-state index contributed by atoms with van der Waals surface area (Å²) >= 11 is 5.11. The van der Waals surface area contributed by atoms with Gasteiger partial charge in [0.15, 0.2) is 11.6 Å². The second-order valence-corrected chi connectivity index (χ2v) is 15.6. The number of carbonyl (C=O) groups is 4. The SMILES string of the molecule is C.NC(=O)c1ccccc1O.NNc1ccc(OC=O)cc1.O=C(Cl)c1ccccc1O.O=COc1ccc(-n2nc(-c3ccccc3O)nc2-c2ccccc2O)cc1.O=c1nc(-c2ccccc2O)oc2ccccc12. The van der Waals surface area contributed by atoms with Gasteiger partial charge in [-0.15, -0.1) is 5.10 Å². The van der Waals surface area contributed by atoms with Gasteiger partial charge in [0.05, 0.1) is 38.9 Å². The van der Waals surface area contributed by atoms with Crippen LogP contribution in [0.4, 0.5) is 5.69 Å². The van der Waals surface area contributed by atoms with Gasteiger partial charge in [0.25, 0.3) is 29.7 Å². The number of aromatic nitrogens is 4. The van der Waals surface area contributed by atoms with Gasteiger partial charge in [-0.25, -0.2) is 9.67 Å². The van der Waals surface area contributed by atoms with E-state index in [1.165, 1.54) is 30.3 Å². The lowest BCUT2D eigenvalue weighted by Crippen LogP contribution is -2.10. The Kier molecular flexibility index (Phi) is 21.3. The van der Waals surface area contributed by atoms with E-state index in [1.54, 1.807) is 168 Å².